The number of rotatable bonds is 4. The second-order valence-corrected chi connectivity index (χ2v) is 2.48. The minimum Gasteiger partial charge on any atom is -0.275 e. The zero-order valence-electron chi connectivity index (χ0n) is 8.04. The van der Waals surface area contributed by atoms with Gasteiger partial charge in [-0.3, -0.25) is 4.84 Å². The predicted octanol–water partition coefficient (Wildman–Crippen LogP) is 2.54. The van der Waals surface area contributed by atoms with Crippen LogP contribution in [0.2, 0.25) is 0 Å². The van der Waals surface area contributed by atoms with Gasteiger partial charge in [0.05, 0.1) is 0 Å². The van der Waals surface area contributed by atoms with Crippen LogP contribution in [0.3, 0.4) is 0 Å². The molecule has 0 atom stereocenters. The van der Waals surface area contributed by atoms with E-state index in [1.807, 2.05) is 0 Å². The van der Waals surface area contributed by atoms with Crippen LogP contribution in [0.1, 0.15) is 13.8 Å². The zero-order valence-corrected chi connectivity index (χ0v) is 8.04. The zero-order chi connectivity index (χ0) is 12.3. The van der Waals surface area contributed by atoms with Crippen LogP contribution < -0.4 is 0 Å². The second kappa shape index (κ2) is 4.71. The molecule has 0 bridgehead atoms. The molecule has 2 nitrogen and oxygen atoms in total. The Morgan fingerprint density at radius 1 is 1.13 bits per heavy atom. The lowest BCUT2D eigenvalue weighted by molar-refractivity contribution is -0.790. The van der Waals surface area contributed by atoms with Gasteiger partial charge in [-0.15, -0.1) is 4.39 Å². The lowest BCUT2D eigenvalue weighted by Crippen LogP contribution is -2.46. The minimum atomic E-state index is -5.97. The van der Waals surface area contributed by atoms with E-state index < -0.39 is 24.6 Å². The van der Waals surface area contributed by atoms with Crippen molar-refractivity contribution in [1.29, 1.82) is 0 Å². The Balaban J connectivity index is 5.17. The largest absolute Gasteiger partial charge is 0.467 e. The molecule has 0 spiro atoms. The normalized spacial score (nSPS) is 14.9. The van der Waals surface area contributed by atoms with Gasteiger partial charge in [-0.25, -0.2) is 0 Å². The molecule has 0 saturated carbocycles. The number of halogens is 6. The Morgan fingerprint density at radius 2 is 1.60 bits per heavy atom. The topological polar surface area (TPSA) is 12.2 Å². The van der Waals surface area contributed by atoms with Crippen LogP contribution in [0.15, 0.2) is 0 Å². The summed E-state index contributed by atoms with van der Waals surface area (Å²) in [6, 6.07) is 0. The highest BCUT2D eigenvalue weighted by Crippen LogP contribution is 2.36. The molecule has 0 heterocycles. The van der Waals surface area contributed by atoms with Gasteiger partial charge in [0.25, 0.3) is 0 Å². The molecule has 0 rings (SSSR count). The van der Waals surface area contributed by atoms with Crippen molar-refractivity contribution in [3.63, 3.8) is 0 Å². The van der Waals surface area contributed by atoms with E-state index in [4.69, 9.17) is 0 Å². The average molecular weight is 238 g/mol. The summed E-state index contributed by atoms with van der Waals surface area (Å²) < 4.78 is 72.7. The average Bonchev–Trinajstić information content (AvgIpc) is 2.11. The smallest absolute Gasteiger partial charge is 0.275 e. The van der Waals surface area contributed by atoms with Gasteiger partial charge in [0, 0.05) is 4.74 Å². The van der Waals surface area contributed by atoms with Crippen molar-refractivity contribution in [2.24, 2.45) is 0 Å². The molecule has 0 fully saturated rings. The van der Waals surface area contributed by atoms with Gasteiger partial charge in [-0.1, -0.05) is 0 Å². The molecular weight excluding hydrogens is 228 g/mol. The summed E-state index contributed by atoms with van der Waals surface area (Å²) >= 11 is 0. The Morgan fingerprint density at radius 3 is 1.87 bits per heavy atom. The maximum Gasteiger partial charge on any atom is 0.467 e. The van der Waals surface area contributed by atoms with E-state index in [1.54, 1.807) is 0 Å². The predicted molar refractivity (Wildman–Crippen MR) is 39.5 cm³/mol. The van der Waals surface area contributed by atoms with E-state index in [-0.39, 0.29) is 11.3 Å². The van der Waals surface area contributed by atoms with Crippen molar-refractivity contribution in [3.05, 3.63) is 0 Å². The van der Waals surface area contributed by atoms with Crippen LogP contribution in [-0.4, -0.2) is 36.0 Å². The molecule has 0 aliphatic heterocycles. The van der Waals surface area contributed by atoms with E-state index >= 15 is 0 Å². The van der Waals surface area contributed by atoms with Crippen molar-refractivity contribution < 1.29 is 35.9 Å². The third-order valence-corrected chi connectivity index (χ3v) is 1.41. The van der Waals surface area contributed by atoms with Crippen molar-refractivity contribution in [2.45, 2.75) is 25.9 Å². The van der Waals surface area contributed by atoms with Crippen LogP contribution in [0.25, 0.3) is 0 Å². The number of hydroxylamine groups is 1. The van der Waals surface area contributed by atoms with Gasteiger partial charge in [-0.2, -0.15) is 22.0 Å². The number of hydrogen-bond donors (Lipinski definition) is 0. The molecule has 0 unspecified atom stereocenters. The first-order chi connectivity index (χ1) is 6.68. The highest BCUT2D eigenvalue weighted by Gasteiger charge is 2.67. The monoisotopic (exact) mass is 238 g/mol. The fourth-order valence-corrected chi connectivity index (χ4v) is 0.716. The molecular formula is C7H10F6NO+. The third-order valence-electron chi connectivity index (χ3n) is 1.41. The maximum atomic E-state index is 12.8. The van der Waals surface area contributed by atoms with Gasteiger partial charge < -0.3 is 0 Å². The molecule has 0 radical (unpaired) electrons. The van der Waals surface area contributed by atoms with Crippen molar-refractivity contribution in [2.75, 3.05) is 13.2 Å². The van der Waals surface area contributed by atoms with E-state index in [2.05, 4.69) is 4.84 Å². The molecule has 0 aromatic carbocycles. The third kappa shape index (κ3) is 3.00. The van der Waals surface area contributed by atoms with Crippen LogP contribution in [0.4, 0.5) is 26.3 Å². The van der Waals surface area contributed by atoms with Gasteiger partial charge in [-0.05, 0) is 13.8 Å². The first kappa shape index (κ1) is 14.0. The summed E-state index contributed by atoms with van der Waals surface area (Å²) in [7, 11) is 0. The SMILES string of the molecule is CCO[N+](CC)=C(F)C(F)(F)C(F)(F)F. The van der Waals surface area contributed by atoms with Gasteiger partial charge in [0.15, 0.2) is 13.2 Å². The lowest BCUT2D eigenvalue weighted by atomic mass is 10.3. The number of hydrogen-bond acceptors (Lipinski definition) is 1. The fraction of sp³-hybridized carbons (Fsp3) is 0.857. The van der Waals surface area contributed by atoms with Gasteiger partial charge in [0.2, 0.25) is 0 Å². The Bertz CT molecular complexity index is 246. The molecule has 0 aromatic heterocycles. The van der Waals surface area contributed by atoms with E-state index in [0.717, 1.165) is 0 Å². The Labute approximate surface area is 82.1 Å². The van der Waals surface area contributed by atoms with E-state index in [9.17, 15) is 26.3 Å². The quantitative estimate of drug-likeness (QED) is 0.317. The van der Waals surface area contributed by atoms with E-state index in [0.29, 0.717) is 0 Å². The van der Waals surface area contributed by atoms with Gasteiger partial charge >= 0.3 is 18.1 Å². The molecule has 0 saturated heterocycles. The molecule has 90 valence electrons. The summed E-state index contributed by atoms with van der Waals surface area (Å²) in [4.78, 5) is 4.28. The van der Waals surface area contributed by atoms with Gasteiger partial charge in [0.1, 0.15) is 0 Å². The van der Waals surface area contributed by atoms with Crippen molar-refractivity contribution in [1.82, 2.24) is 0 Å². The number of nitrogens with zero attached hydrogens (tertiary/aromatic N) is 1. The summed E-state index contributed by atoms with van der Waals surface area (Å²) in [5.74, 6) is -8.18. The summed E-state index contributed by atoms with van der Waals surface area (Å²) in [5, 5.41) is 0. The number of alkyl halides is 5. The lowest BCUT2D eigenvalue weighted by Gasteiger charge is -2.14. The van der Waals surface area contributed by atoms with Crippen molar-refractivity contribution in [3.8, 4) is 0 Å². The van der Waals surface area contributed by atoms with E-state index in [1.165, 1.54) is 13.8 Å². The standard InChI is InChI=1S/C7H10F6NO/c1-3-14(15-4-2)5(8)6(9,10)7(11,12)13/h3-4H2,1-2H3/q+1. The Kier molecular flexibility index (Phi) is 4.42. The molecule has 15 heavy (non-hydrogen) atoms. The molecule has 0 aliphatic rings. The van der Waals surface area contributed by atoms with Crippen LogP contribution in [-0.2, 0) is 4.84 Å². The fourth-order valence-electron chi connectivity index (χ4n) is 0.716. The molecule has 0 aromatic rings. The summed E-state index contributed by atoms with van der Waals surface area (Å²) in [6.07, 6.45) is -5.97. The first-order valence-electron chi connectivity index (χ1n) is 4.06. The highest BCUT2D eigenvalue weighted by molar-refractivity contribution is 5.78. The minimum absolute atomic E-state index is 0.118. The maximum absolute atomic E-state index is 12.8. The molecule has 0 amide bonds. The molecule has 0 aliphatic carbocycles. The summed E-state index contributed by atoms with van der Waals surface area (Å²) in [6.45, 7) is 1.85. The highest BCUT2D eigenvalue weighted by atomic mass is 19.4. The Hall–Kier alpha value is -0.950. The molecule has 0 N–H and O–H groups in total. The van der Waals surface area contributed by atoms with Crippen LogP contribution in [0, 0.1) is 0 Å². The molecule has 8 heteroatoms. The second-order valence-electron chi connectivity index (χ2n) is 2.48. The van der Waals surface area contributed by atoms with Crippen molar-refractivity contribution >= 4 is 5.97 Å². The van der Waals surface area contributed by atoms with Crippen LogP contribution in [0.5, 0.6) is 0 Å². The van der Waals surface area contributed by atoms with Crippen LogP contribution >= 0.6 is 0 Å². The summed E-state index contributed by atoms with van der Waals surface area (Å²) in [5.41, 5.74) is 0. The first-order valence-corrected chi connectivity index (χ1v) is 4.06.